The summed E-state index contributed by atoms with van der Waals surface area (Å²) >= 11 is 1.14. The lowest BCUT2D eigenvalue weighted by Crippen LogP contribution is -2.32. The fourth-order valence-electron chi connectivity index (χ4n) is 2.19. The van der Waals surface area contributed by atoms with Crippen LogP contribution in [-0.2, 0) is 16.6 Å². The Hall–Kier alpha value is -1.57. The lowest BCUT2D eigenvalue weighted by Gasteiger charge is -2.21. The molecule has 0 saturated heterocycles. The van der Waals surface area contributed by atoms with Crippen LogP contribution in [0.2, 0.25) is 0 Å². The van der Waals surface area contributed by atoms with Gasteiger partial charge in [-0.05, 0) is 36.6 Å². The minimum Gasteiger partial charge on any atom is -0.508 e. The first kappa shape index (κ1) is 14.4. The van der Waals surface area contributed by atoms with E-state index in [1.54, 1.807) is 23.6 Å². The summed E-state index contributed by atoms with van der Waals surface area (Å²) in [5.74, 6) is 0.140. The van der Waals surface area contributed by atoms with Gasteiger partial charge in [-0.3, -0.25) is 0 Å². The van der Waals surface area contributed by atoms with E-state index >= 15 is 0 Å². The minimum absolute atomic E-state index is 0.0423. The van der Waals surface area contributed by atoms with Gasteiger partial charge in [0.05, 0.1) is 0 Å². The van der Waals surface area contributed by atoms with Crippen molar-refractivity contribution in [3.05, 3.63) is 41.3 Å². The summed E-state index contributed by atoms with van der Waals surface area (Å²) in [6.45, 7) is 0.263. The number of rotatable bonds is 5. The van der Waals surface area contributed by atoms with Crippen LogP contribution in [0.15, 0.2) is 39.9 Å². The smallest absolute Gasteiger partial charge is 0.253 e. The molecule has 0 atom stereocenters. The molecule has 5 nitrogen and oxygen atoms in total. The number of nitrogen functional groups attached to an aromatic ring is 1. The van der Waals surface area contributed by atoms with Gasteiger partial charge in [-0.2, -0.15) is 4.31 Å². The zero-order valence-corrected chi connectivity index (χ0v) is 12.9. The Morgan fingerprint density at radius 1 is 1.33 bits per heavy atom. The number of phenols is 1. The molecule has 0 spiro atoms. The third-order valence-corrected chi connectivity index (χ3v) is 6.69. The Labute approximate surface area is 127 Å². The molecule has 7 heteroatoms. The largest absolute Gasteiger partial charge is 0.508 e. The van der Waals surface area contributed by atoms with Crippen molar-refractivity contribution in [1.29, 1.82) is 0 Å². The molecule has 1 aromatic carbocycles. The number of anilines is 1. The van der Waals surface area contributed by atoms with Crippen molar-refractivity contribution in [2.24, 2.45) is 0 Å². The molecule has 0 bridgehead atoms. The standard InChI is InChI=1S/C14H16N2O3S2/c15-11-7-14(20-9-11)21(18,19)16(12-4-5-12)8-10-2-1-3-13(17)6-10/h1-3,6-7,9,12,17H,4-5,8,15H2. The average molecular weight is 324 g/mol. The number of sulfonamides is 1. The second-order valence-corrected chi connectivity index (χ2v) is 8.18. The maximum atomic E-state index is 12.7. The van der Waals surface area contributed by atoms with Crippen molar-refractivity contribution < 1.29 is 13.5 Å². The number of thiophene rings is 1. The highest BCUT2D eigenvalue weighted by Gasteiger charge is 2.38. The van der Waals surface area contributed by atoms with Gasteiger partial charge in [0.2, 0.25) is 0 Å². The van der Waals surface area contributed by atoms with Gasteiger partial charge >= 0.3 is 0 Å². The molecule has 1 heterocycles. The second-order valence-electron chi connectivity index (χ2n) is 5.15. The Morgan fingerprint density at radius 2 is 2.10 bits per heavy atom. The molecular formula is C14H16N2O3S2. The SMILES string of the molecule is Nc1csc(S(=O)(=O)N(Cc2cccc(O)c2)C2CC2)c1. The summed E-state index contributed by atoms with van der Waals surface area (Å²) < 4.78 is 27.2. The Morgan fingerprint density at radius 3 is 2.67 bits per heavy atom. The third kappa shape index (κ3) is 3.04. The van der Waals surface area contributed by atoms with Crippen molar-refractivity contribution in [2.75, 3.05) is 5.73 Å². The highest BCUT2D eigenvalue weighted by atomic mass is 32.2. The van der Waals surface area contributed by atoms with E-state index in [0.29, 0.717) is 5.69 Å². The molecule has 112 valence electrons. The summed E-state index contributed by atoms with van der Waals surface area (Å²) in [6, 6.07) is 8.23. The van der Waals surface area contributed by atoms with E-state index < -0.39 is 10.0 Å². The monoisotopic (exact) mass is 324 g/mol. The Balaban J connectivity index is 1.91. The van der Waals surface area contributed by atoms with Crippen LogP contribution in [0.5, 0.6) is 5.75 Å². The molecule has 1 fully saturated rings. The molecule has 0 unspecified atom stereocenters. The molecule has 21 heavy (non-hydrogen) atoms. The van der Waals surface area contributed by atoms with E-state index in [-0.39, 0.29) is 22.5 Å². The second kappa shape index (κ2) is 5.32. The normalized spacial score (nSPS) is 15.5. The molecule has 0 aliphatic heterocycles. The van der Waals surface area contributed by atoms with Crippen LogP contribution in [0, 0.1) is 0 Å². The van der Waals surface area contributed by atoms with Crippen LogP contribution in [0.25, 0.3) is 0 Å². The summed E-state index contributed by atoms with van der Waals surface area (Å²) in [5, 5.41) is 11.2. The van der Waals surface area contributed by atoms with E-state index in [2.05, 4.69) is 0 Å². The topological polar surface area (TPSA) is 83.6 Å². The van der Waals surface area contributed by atoms with Gasteiger partial charge in [0.25, 0.3) is 10.0 Å². The zero-order valence-electron chi connectivity index (χ0n) is 11.3. The molecule has 0 amide bonds. The number of phenolic OH excluding ortho intramolecular Hbond substituents is 1. The molecule has 1 saturated carbocycles. The first-order valence-corrected chi connectivity index (χ1v) is 8.92. The molecule has 3 rings (SSSR count). The van der Waals surface area contributed by atoms with E-state index in [0.717, 1.165) is 29.7 Å². The van der Waals surface area contributed by atoms with E-state index in [1.165, 1.54) is 10.4 Å². The molecule has 0 radical (unpaired) electrons. The van der Waals surface area contributed by atoms with Crippen LogP contribution < -0.4 is 5.73 Å². The number of benzene rings is 1. The molecule has 3 N–H and O–H groups in total. The van der Waals surface area contributed by atoms with Gasteiger partial charge in [-0.15, -0.1) is 11.3 Å². The van der Waals surface area contributed by atoms with Crippen LogP contribution in [-0.4, -0.2) is 23.9 Å². The van der Waals surface area contributed by atoms with Crippen LogP contribution in [0.1, 0.15) is 18.4 Å². The third-order valence-electron chi connectivity index (χ3n) is 3.36. The van der Waals surface area contributed by atoms with Gasteiger partial charge in [0.15, 0.2) is 0 Å². The maximum absolute atomic E-state index is 12.7. The summed E-state index contributed by atoms with van der Waals surface area (Å²) in [6.07, 6.45) is 1.75. The van der Waals surface area contributed by atoms with Crippen LogP contribution in [0.3, 0.4) is 0 Å². The lowest BCUT2D eigenvalue weighted by molar-refractivity contribution is 0.398. The first-order valence-electron chi connectivity index (χ1n) is 6.60. The predicted molar refractivity (Wildman–Crippen MR) is 82.6 cm³/mol. The van der Waals surface area contributed by atoms with E-state index in [9.17, 15) is 13.5 Å². The minimum atomic E-state index is -3.54. The maximum Gasteiger partial charge on any atom is 0.253 e. The van der Waals surface area contributed by atoms with Crippen molar-refractivity contribution in [3.8, 4) is 5.75 Å². The molecule has 1 aliphatic rings. The lowest BCUT2D eigenvalue weighted by atomic mass is 10.2. The Bertz CT molecular complexity index is 751. The summed E-state index contributed by atoms with van der Waals surface area (Å²) in [5.41, 5.74) is 6.87. The fraction of sp³-hybridized carbons (Fsp3) is 0.286. The summed E-state index contributed by atoms with van der Waals surface area (Å²) in [7, 11) is -3.54. The highest BCUT2D eigenvalue weighted by molar-refractivity contribution is 7.91. The number of nitrogens with two attached hydrogens (primary N) is 1. The number of nitrogens with zero attached hydrogens (tertiary/aromatic N) is 1. The average Bonchev–Trinajstić information content (AvgIpc) is 3.16. The first-order chi connectivity index (χ1) is 9.96. The van der Waals surface area contributed by atoms with Gasteiger partial charge in [-0.25, -0.2) is 8.42 Å². The van der Waals surface area contributed by atoms with E-state index in [4.69, 9.17) is 5.73 Å². The van der Waals surface area contributed by atoms with Crippen molar-refractivity contribution in [1.82, 2.24) is 4.31 Å². The van der Waals surface area contributed by atoms with Gasteiger partial charge in [0.1, 0.15) is 9.96 Å². The van der Waals surface area contributed by atoms with Gasteiger partial charge in [0, 0.05) is 23.7 Å². The van der Waals surface area contributed by atoms with Crippen molar-refractivity contribution in [3.63, 3.8) is 0 Å². The quantitative estimate of drug-likeness (QED) is 0.884. The molecule has 1 aliphatic carbocycles. The highest BCUT2D eigenvalue weighted by Crippen LogP contribution is 2.35. The molecule has 1 aromatic heterocycles. The van der Waals surface area contributed by atoms with Crippen LogP contribution >= 0.6 is 11.3 Å². The summed E-state index contributed by atoms with van der Waals surface area (Å²) in [4.78, 5) is 0. The number of hydrogen-bond donors (Lipinski definition) is 2. The molecule has 2 aromatic rings. The van der Waals surface area contributed by atoms with Crippen molar-refractivity contribution >= 4 is 27.0 Å². The zero-order chi connectivity index (χ0) is 15.0. The Kier molecular flexibility index (Phi) is 3.64. The number of hydrogen-bond acceptors (Lipinski definition) is 5. The van der Waals surface area contributed by atoms with Crippen molar-refractivity contribution in [2.45, 2.75) is 29.6 Å². The molecular weight excluding hydrogens is 308 g/mol. The van der Waals surface area contributed by atoms with Gasteiger partial charge in [-0.1, -0.05) is 12.1 Å². The number of aromatic hydroxyl groups is 1. The fourth-order valence-corrected chi connectivity index (χ4v) is 5.07. The van der Waals surface area contributed by atoms with Crippen LogP contribution in [0.4, 0.5) is 5.69 Å². The van der Waals surface area contributed by atoms with Gasteiger partial charge < -0.3 is 10.8 Å². The van der Waals surface area contributed by atoms with E-state index in [1.807, 2.05) is 6.07 Å². The predicted octanol–water partition coefficient (Wildman–Crippen LogP) is 2.39.